The summed E-state index contributed by atoms with van der Waals surface area (Å²) in [6.07, 6.45) is 0.243. The molecule has 102 valence electrons. The van der Waals surface area contributed by atoms with Gasteiger partial charge < -0.3 is 9.52 Å². The molecule has 0 aliphatic carbocycles. The van der Waals surface area contributed by atoms with Gasteiger partial charge in [0.25, 0.3) is 10.0 Å². The standard InChI is InChI=1S/C11H12N2O5S/c1-11(10(14)15)4-5-13(7-11)19(16,17)9-3-2-8(6-12)18-9/h2-3H,4-5,7H2,1H3,(H,14,15). The second kappa shape index (κ2) is 4.36. The van der Waals surface area contributed by atoms with Crippen LogP contribution in [0.2, 0.25) is 0 Å². The summed E-state index contributed by atoms with van der Waals surface area (Å²) in [4.78, 5) is 11.1. The molecule has 1 aliphatic rings. The van der Waals surface area contributed by atoms with Crippen molar-refractivity contribution in [3.63, 3.8) is 0 Å². The number of nitrogens with zero attached hydrogens (tertiary/aromatic N) is 2. The Morgan fingerprint density at radius 3 is 2.74 bits per heavy atom. The fraction of sp³-hybridized carbons (Fsp3) is 0.455. The predicted molar refractivity (Wildman–Crippen MR) is 62.5 cm³/mol. The monoisotopic (exact) mass is 284 g/mol. The molecule has 1 atom stereocenters. The fourth-order valence-electron chi connectivity index (χ4n) is 1.94. The van der Waals surface area contributed by atoms with E-state index in [0.717, 1.165) is 4.31 Å². The van der Waals surface area contributed by atoms with Crippen LogP contribution < -0.4 is 0 Å². The molecule has 1 aromatic heterocycles. The summed E-state index contributed by atoms with van der Waals surface area (Å²) in [6, 6.07) is 4.16. The van der Waals surface area contributed by atoms with Crippen LogP contribution in [-0.2, 0) is 14.8 Å². The second-order valence-corrected chi connectivity index (χ2v) is 6.55. The summed E-state index contributed by atoms with van der Waals surface area (Å²) < 4.78 is 30.4. The van der Waals surface area contributed by atoms with E-state index in [0.29, 0.717) is 0 Å². The summed E-state index contributed by atoms with van der Waals surface area (Å²) in [6.45, 7) is 1.52. The van der Waals surface area contributed by atoms with Gasteiger partial charge in [0.1, 0.15) is 6.07 Å². The zero-order chi connectivity index (χ0) is 14.3. The van der Waals surface area contributed by atoms with Crippen LogP contribution >= 0.6 is 0 Å². The van der Waals surface area contributed by atoms with Gasteiger partial charge in [0.05, 0.1) is 5.41 Å². The molecule has 2 heterocycles. The topological polar surface area (TPSA) is 112 Å². The number of furan rings is 1. The second-order valence-electron chi connectivity index (χ2n) is 4.68. The van der Waals surface area contributed by atoms with Crippen LogP contribution in [0.4, 0.5) is 0 Å². The molecule has 1 saturated heterocycles. The van der Waals surface area contributed by atoms with Crippen LogP contribution in [0.3, 0.4) is 0 Å². The third-order valence-corrected chi connectivity index (χ3v) is 4.96. The van der Waals surface area contributed by atoms with Crippen molar-refractivity contribution in [3.8, 4) is 6.07 Å². The Morgan fingerprint density at radius 2 is 2.26 bits per heavy atom. The molecule has 0 amide bonds. The minimum atomic E-state index is -3.88. The third-order valence-electron chi connectivity index (χ3n) is 3.24. The van der Waals surface area contributed by atoms with Gasteiger partial charge >= 0.3 is 5.97 Å². The molecule has 0 bridgehead atoms. The minimum absolute atomic E-state index is 0.0984. The van der Waals surface area contributed by atoms with Gasteiger partial charge in [0.2, 0.25) is 10.9 Å². The average Bonchev–Trinajstić information content (AvgIpc) is 2.96. The number of hydrogen-bond donors (Lipinski definition) is 1. The van der Waals surface area contributed by atoms with Gasteiger partial charge in [-0.3, -0.25) is 4.79 Å². The van der Waals surface area contributed by atoms with Gasteiger partial charge in [0.15, 0.2) is 0 Å². The Balaban J connectivity index is 2.28. The molecule has 1 fully saturated rings. The van der Waals surface area contributed by atoms with Crippen molar-refractivity contribution in [2.75, 3.05) is 13.1 Å². The number of hydrogen-bond acceptors (Lipinski definition) is 5. The summed E-state index contributed by atoms with van der Waals surface area (Å²) in [5.41, 5.74) is -1.09. The molecule has 7 nitrogen and oxygen atoms in total. The average molecular weight is 284 g/mol. The highest BCUT2D eigenvalue weighted by Crippen LogP contribution is 2.33. The summed E-state index contributed by atoms with van der Waals surface area (Å²) in [7, 11) is -3.88. The minimum Gasteiger partial charge on any atom is -0.481 e. The molecule has 1 aliphatic heterocycles. The largest absolute Gasteiger partial charge is 0.481 e. The molecule has 2 rings (SSSR count). The summed E-state index contributed by atoms with van der Waals surface area (Å²) in [5.74, 6) is -1.12. The first kappa shape index (κ1) is 13.6. The van der Waals surface area contributed by atoms with E-state index in [9.17, 15) is 13.2 Å². The van der Waals surface area contributed by atoms with E-state index >= 15 is 0 Å². The van der Waals surface area contributed by atoms with E-state index in [4.69, 9.17) is 14.8 Å². The molecule has 8 heteroatoms. The van der Waals surface area contributed by atoms with Crippen molar-refractivity contribution in [2.45, 2.75) is 18.4 Å². The van der Waals surface area contributed by atoms with Gasteiger partial charge in [-0.2, -0.15) is 9.57 Å². The maximum Gasteiger partial charge on any atom is 0.310 e. The van der Waals surface area contributed by atoms with Crippen molar-refractivity contribution < 1.29 is 22.7 Å². The van der Waals surface area contributed by atoms with Crippen molar-refractivity contribution >= 4 is 16.0 Å². The van der Waals surface area contributed by atoms with Crippen molar-refractivity contribution in [1.29, 1.82) is 5.26 Å². The van der Waals surface area contributed by atoms with Crippen LogP contribution in [-0.4, -0.2) is 36.9 Å². The Morgan fingerprint density at radius 1 is 1.58 bits per heavy atom. The van der Waals surface area contributed by atoms with Gasteiger partial charge in [-0.05, 0) is 25.5 Å². The van der Waals surface area contributed by atoms with E-state index in [1.807, 2.05) is 0 Å². The van der Waals surface area contributed by atoms with E-state index in [-0.39, 0.29) is 30.4 Å². The highest BCUT2D eigenvalue weighted by Gasteiger charge is 2.45. The Labute approximate surface area is 110 Å². The smallest absolute Gasteiger partial charge is 0.310 e. The molecular formula is C11H12N2O5S. The molecule has 0 aromatic carbocycles. The maximum absolute atomic E-state index is 12.2. The molecule has 1 N–H and O–H groups in total. The van der Waals surface area contributed by atoms with E-state index in [2.05, 4.69) is 0 Å². The van der Waals surface area contributed by atoms with Crippen LogP contribution in [0.15, 0.2) is 21.6 Å². The van der Waals surface area contributed by atoms with Crippen LogP contribution in [0.25, 0.3) is 0 Å². The van der Waals surface area contributed by atoms with E-state index in [1.165, 1.54) is 19.1 Å². The zero-order valence-electron chi connectivity index (χ0n) is 10.2. The number of sulfonamides is 1. The van der Waals surface area contributed by atoms with Crippen molar-refractivity contribution in [1.82, 2.24) is 4.31 Å². The maximum atomic E-state index is 12.2. The lowest BCUT2D eigenvalue weighted by atomic mass is 9.90. The van der Waals surface area contributed by atoms with Crippen molar-refractivity contribution in [2.24, 2.45) is 5.41 Å². The van der Waals surface area contributed by atoms with Gasteiger partial charge in [0, 0.05) is 13.1 Å². The van der Waals surface area contributed by atoms with Crippen molar-refractivity contribution in [3.05, 3.63) is 17.9 Å². The summed E-state index contributed by atoms with van der Waals surface area (Å²) in [5, 5.41) is 17.4. The number of carboxylic acid groups (broad SMARTS) is 1. The number of aliphatic carboxylic acids is 1. The lowest BCUT2D eigenvalue weighted by Crippen LogP contribution is -2.34. The predicted octanol–water partition coefficient (Wildman–Crippen LogP) is 0.637. The molecular weight excluding hydrogens is 272 g/mol. The highest BCUT2D eigenvalue weighted by molar-refractivity contribution is 7.89. The third kappa shape index (κ3) is 2.22. The highest BCUT2D eigenvalue weighted by atomic mass is 32.2. The first-order valence-electron chi connectivity index (χ1n) is 5.53. The first-order chi connectivity index (χ1) is 8.79. The SMILES string of the molecule is CC1(C(=O)O)CCN(S(=O)(=O)c2ccc(C#N)o2)C1. The van der Waals surface area contributed by atoms with Crippen LogP contribution in [0, 0.1) is 16.7 Å². The van der Waals surface area contributed by atoms with Crippen LogP contribution in [0.5, 0.6) is 0 Å². The molecule has 0 radical (unpaired) electrons. The van der Waals surface area contributed by atoms with Crippen LogP contribution in [0.1, 0.15) is 19.1 Å². The molecule has 0 spiro atoms. The quantitative estimate of drug-likeness (QED) is 0.871. The zero-order valence-corrected chi connectivity index (χ0v) is 11.0. The molecule has 0 saturated carbocycles. The number of nitriles is 1. The molecule has 19 heavy (non-hydrogen) atoms. The Kier molecular flexibility index (Phi) is 3.12. The number of carboxylic acids is 1. The molecule has 1 aromatic rings. The Bertz CT molecular complexity index is 657. The lowest BCUT2D eigenvalue weighted by Gasteiger charge is -2.18. The first-order valence-corrected chi connectivity index (χ1v) is 6.97. The lowest BCUT2D eigenvalue weighted by molar-refractivity contribution is -0.146. The summed E-state index contributed by atoms with van der Waals surface area (Å²) >= 11 is 0. The Hall–Kier alpha value is -1.85. The molecule has 1 unspecified atom stereocenters. The van der Waals surface area contributed by atoms with Gasteiger partial charge in [-0.1, -0.05) is 0 Å². The normalized spacial score (nSPS) is 24.2. The van der Waals surface area contributed by atoms with Gasteiger partial charge in [-0.25, -0.2) is 8.42 Å². The fourth-order valence-corrected chi connectivity index (χ4v) is 3.42. The number of rotatable bonds is 3. The van der Waals surface area contributed by atoms with E-state index < -0.39 is 21.4 Å². The van der Waals surface area contributed by atoms with E-state index in [1.54, 1.807) is 6.07 Å². The van der Waals surface area contributed by atoms with Gasteiger partial charge in [-0.15, -0.1) is 0 Å². The number of carbonyl (C=O) groups is 1.